The molecule has 0 aromatic heterocycles. The van der Waals surface area contributed by atoms with Crippen molar-refractivity contribution in [2.24, 2.45) is 0 Å². The van der Waals surface area contributed by atoms with Crippen LogP contribution in [0.15, 0.2) is 27.6 Å². The molecule has 1 aromatic rings. The Bertz CT molecular complexity index is 212. The van der Waals surface area contributed by atoms with Crippen molar-refractivity contribution in [3.05, 3.63) is 35.2 Å². The molecule has 0 N–H and O–H groups in total. The van der Waals surface area contributed by atoms with Crippen LogP contribution in [-0.2, 0) is 0 Å². The summed E-state index contributed by atoms with van der Waals surface area (Å²) in [5.74, 6) is 0. The molecule has 0 spiro atoms. The number of benzene rings is 1. The van der Waals surface area contributed by atoms with Gasteiger partial charge in [0.25, 0.3) is 0 Å². The van der Waals surface area contributed by atoms with E-state index in [0.29, 0.717) is 0 Å². The minimum atomic E-state index is 1.05. The Morgan fingerprint density at radius 3 is 2.60 bits per heavy atom. The molecule has 0 unspecified atom stereocenters. The zero-order valence-electron chi connectivity index (χ0n) is 5.73. The second-order valence-electron chi connectivity index (χ2n) is 2.00. The van der Waals surface area contributed by atoms with Gasteiger partial charge in [-0.05, 0) is 36.9 Å². The van der Waals surface area contributed by atoms with E-state index in [1.165, 1.54) is 4.90 Å². The van der Waals surface area contributed by atoms with Crippen molar-refractivity contribution in [2.75, 3.05) is 6.26 Å². The Kier molecular flexibility index (Phi) is 2.81. The quantitative estimate of drug-likeness (QED) is 0.648. The zero-order chi connectivity index (χ0) is 7.56. The van der Waals surface area contributed by atoms with Crippen LogP contribution in [0.1, 0.15) is 5.56 Å². The van der Waals surface area contributed by atoms with Crippen LogP contribution < -0.4 is 0 Å². The number of thioether (sulfide) groups is 1. The lowest BCUT2D eigenvalue weighted by atomic mass is 10.2. The fraction of sp³-hybridized carbons (Fsp3) is 0.125. The SMILES string of the molecule is [CH2]c1cc(Br)cc(SC)c1. The molecule has 0 saturated carbocycles. The Hall–Kier alpha value is 0.0500. The molecular formula is C8H8BrS. The van der Waals surface area contributed by atoms with Crippen LogP contribution in [0, 0.1) is 6.92 Å². The molecule has 0 nitrogen and oxygen atoms in total. The maximum Gasteiger partial charge on any atom is 0.0189 e. The first-order valence-corrected chi connectivity index (χ1v) is 4.90. The van der Waals surface area contributed by atoms with E-state index in [1.54, 1.807) is 11.8 Å². The van der Waals surface area contributed by atoms with Crippen molar-refractivity contribution >= 4 is 27.7 Å². The highest BCUT2D eigenvalue weighted by molar-refractivity contribution is 9.10. The number of rotatable bonds is 1. The van der Waals surface area contributed by atoms with Gasteiger partial charge in [0.05, 0.1) is 0 Å². The molecule has 0 atom stereocenters. The molecule has 1 rings (SSSR count). The Balaban J connectivity index is 3.06. The van der Waals surface area contributed by atoms with Crippen molar-refractivity contribution < 1.29 is 0 Å². The summed E-state index contributed by atoms with van der Waals surface area (Å²) >= 11 is 5.13. The van der Waals surface area contributed by atoms with Crippen molar-refractivity contribution in [3.63, 3.8) is 0 Å². The molecule has 0 fully saturated rings. The van der Waals surface area contributed by atoms with Gasteiger partial charge in [0, 0.05) is 9.37 Å². The maximum absolute atomic E-state index is 3.85. The number of halogens is 1. The van der Waals surface area contributed by atoms with Gasteiger partial charge in [-0.3, -0.25) is 0 Å². The lowest BCUT2D eigenvalue weighted by Crippen LogP contribution is -1.74. The van der Waals surface area contributed by atoms with Gasteiger partial charge < -0.3 is 0 Å². The fourth-order valence-electron chi connectivity index (χ4n) is 0.739. The van der Waals surface area contributed by atoms with E-state index >= 15 is 0 Å². The van der Waals surface area contributed by atoms with Gasteiger partial charge >= 0.3 is 0 Å². The number of hydrogen-bond donors (Lipinski definition) is 0. The minimum absolute atomic E-state index is 1.05. The molecule has 53 valence electrons. The third-order valence-corrected chi connectivity index (χ3v) is 2.33. The standard InChI is InChI=1S/C8H8BrS/c1-6-3-7(9)5-8(4-6)10-2/h3-5H,1H2,2H3. The Morgan fingerprint density at radius 1 is 1.40 bits per heavy atom. The van der Waals surface area contributed by atoms with Crippen LogP contribution in [0.4, 0.5) is 0 Å². The molecule has 1 aromatic carbocycles. The zero-order valence-corrected chi connectivity index (χ0v) is 8.13. The lowest BCUT2D eigenvalue weighted by molar-refractivity contribution is 1.40. The highest BCUT2D eigenvalue weighted by Crippen LogP contribution is 2.21. The van der Waals surface area contributed by atoms with Gasteiger partial charge in [-0.25, -0.2) is 0 Å². The molecule has 1 radical (unpaired) electrons. The van der Waals surface area contributed by atoms with Gasteiger partial charge in [0.2, 0.25) is 0 Å². The fourth-order valence-corrected chi connectivity index (χ4v) is 1.94. The third-order valence-electron chi connectivity index (χ3n) is 1.17. The summed E-state index contributed by atoms with van der Waals surface area (Å²) in [6, 6.07) is 6.15. The molecule has 0 bridgehead atoms. The Morgan fingerprint density at radius 2 is 2.10 bits per heavy atom. The van der Waals surface area contributed by atoms with E-state index in [0.717, 1.165) is 10.0 Å². The summed E-state index contributed by atoms with van der Waals surface area (Å²) in [7, 11) is 0. The van der Waals surface area contributed by atoms with E-state index in [2.05, 4.69) is 41.2 Å². The molecule has 2 heteroatoms. The summed E-state index contributed by atoms with van der Waals surface area (Å²) in [5.41, 5.74) is 1.05. The molecular weight excluding hydrogens is 208 g/mol. The molecule has 0 aliphatic carbocycles. The normalized spacial score (nSPS) is 9.90. The van der Waals surface area contributed by atoms with Crippen molar-refractivity contribution in [3.8, 4) is 0 Å². The summed E-state index contributed by atoms with van der Waals surface area (Å²) < 4.78 is 1.10. The van der Waals surface area contributed by atoms with Crippen LogP contribution in [0.5, 0.6) is 0 Å². The van der Waals surface area contributed by atoms with Gasteiger partial charge in [0.1, 0.15) is 0 Å². The van der Waals surface area contributed by atoms with E-state index < -0.39 is 0 Å². The van der Waals surface area contributed by atoms with Crippen LogP contribution in [-0.4, -0.2) is 6.26 Å². The molecule has 0 aliphatic heterocycles. The van der Waals surface area contributed by atoms with E-state index in [1.807, 2.05) is 6.07 Å². The first-order valence-electron chi connectivity index (χ1n) is 2.89. The summed E-state index contributed by atoms with van der Waals surface area (Å²) in [6.45, 7) is 3.85. The molecule has 0 saturated heterocycles. The van der Waals surface area contributed by atoms with Gasteiger partial charge in [-0.15, -0.1) is 11.8 Å². The lowest BCUT2D eigenvalue weighted by Gasteiger charge is -1.98. The largest absolute Gasteiger partial charge is 0.130 e. The predicted molar refractivity (Wildman–Crippen MR) is 50.4 cm³/mol. The summed E-state index contributed by atoms with van der Waals surface area (Å²) in [6.07, 6.45) is 2.06. The second kappa shape index (κ2) is 3.44. The monoisotopic (exact) mass is 215 g/mol. The molecule has 0 amide bonds. The Labute approximate surface area is 74.2 Å². The molecule has 10 heavy (non-hydrogen) atoms. The topological polar surface area (TPSA) is 0 Å². The first kappa shape index (κ1) is 8.15. The van der Waals surface area contributed by atoms with E-state index in [4.69, 9.17) is 0 Å². The van der Waals surface area contributed by atoms with Crippen molar-refractivity contribution in [1.82, 2.24) is 0 Å². The highest BCUT2D eigenvalue weighted by atomic mass is 79.9. The summed E-state index contributed by atoms with van der Waals surface area (Å²) in [4.78, 5) is 1.25. The highest BCUT2D eigenvalue weighted by Gasteiger charge is 1.93. The first-order chi connectivity index (χ1) is 4.72. The minimum Gasteiger partial charge on any atom is -0.130 e. The van der Waals surface area contributed by atoms with Crippen LogP contribution in [0.25, 0.3) is 0 Å². The van der Waals surface area contributed by atoms with Crippen LogP contribution >= 0.6 is 27.7 Å². The third kappa shape index (κ3) is 2.03. The van der Waals surface area contributed by atoms with Crippen LogP contribution in [0.3, 0.4) is 0 Å². The van der Waals surface area contributed by atoms with E-state index in [-0.39, 0.29) is 0 Å². The van der Waals surface area contributed by atoms with Gasteiger partial charge in [0.15, 0.2) is 0 Å². The second-order valence-corrected chi connectivity index (χ2v) is 3.79. The average Bonchev–Trinajstić information content (AvgIpc) is 1.85. The molecule has 0 aliphatic rings. The van der Waals surface area contributed by atoms with Crippen molar-refractivity contribution in [1.29, 1.82) is 0 Å². The number of hydrogen-bond acceptors (Lipinski definition) is 1. The smallest absolute Gasteiger partial charge is 0.0189 e. The average molecular weight is 216 g/mol. The molecule has 0 heterocycles. The van der Waals surface area contributed by atoms with E-state index in [9.17, 15) is 0 Å². The summed E-state index contributed by atoms with van der Waals surface area (Å²) in [5, 5.41) is 0. The van der Waals surface area contributed by atoms with Crippen LogP contribution in [0.2, 0.25) is 0 Å². The predicted octanol–water partition coefficient (Wildman–Crippen LogP) is 3.35. The van der Waals surface area contributed by atoms with Gasteiger partial charge in [-0.1, -0.05) is 15.9 Å². The van der Waals surface area contributed by atoms with Crippen molar-refractivity contribution in [2.45, 2.75) is 4.90 Å². The maximum atomic E-state index is 3.85. The van der Waals surface area contributed by atoms with Gasteiger partial charge in [-0.2, -0.15) is 0 Å².